The van der Waals surface area contributed by atoms with Gasteiger partial charge in [0.25, 0.3) is 11.5 Å². The summed E-state index contributed by atoms with van der Waals surface area (Å²) in [6.07, 6.45) is 0. The van der Waals surface area contributed by atoms with Gasteiger partial charge in [-0.1, -0.05) is 0 Å². The summed E-state index contributed by atoms with van der Waals surface area (Å²) in [5.74, 6) is -1.43. The van der Waals surface area contributed by atoms with Crippen molar-refractivity contribution < 1.29 is 14.0 Å². The molecule has 1 amide bonds. The Morgan fingerprint density at radius 1 is 1.13 bits per heavy atom. The van der Waals surface area contributed by atoms with E-state index in [9.17, 15) is 18.8 Å². The van der Waals surface area contributed by atoms with Crippen LogP contribution in [0.25, 0.3) is 11.3 Å². The molecule has 0 spiro atoms. The van der Waals surface area contributed by atoms with Gasteiger partial charge in [0.05, 0.1) is 5.69 Å². The second-order valence-corrected chi connectivity index (χ2v) is 5.25. The molecule has 0 unspecified atom stereocenters. The summed E-state index contributed by atoms with van der Waals surface area (Å²) in [6, 6.07) is 6.90. The van der Waals surface area contributed by atoms with Crippen molar-refractivity contribution in [1.82, 2.24) is 14.7 Å². The first kappa shape index (κ1) is 16.5. The van der Waals surface area contributed by atoms with Crippen LogP contribution in [0.4, 0.5) is 4.39 Å². The average Bonchev–Trinajstić information content (AvgIpc) is 2.49. The average molecular weight is 317 g/mol. The Morgan fingerprint density at radius 3 is 2.26 bits per heavy atom. The minimum absolute atomic E-state index is 0.363. The molecular weight excluding hydrogens is 301 g/mol. The van der Waals surface area contributed by atoms with Crippen molar-refractivity contribution in [2.45, 2.75) is 13.0 Å². The van der Waals surface area contributed by atoms with Gasteiger partial charge >= 0.3 is 0 Å². The van der Waals surface area contributed by atoms with Crippen LogP contribution in [0.3, 0.4) is 0 Å². The van der Waals surface area contributed by atoms with E-state index < -0.39 is 29.1 Å². The molecular formula is C16H16FN3O3. The van der Waals surface area contributed by atoms with E-state index in [1.165, 1.54) is 62.3 Å². The van der Waals surface area contributed by atoms with E-state index in [4.69, 9.17) is 0 Å². The number of hydrogen-bond donors (Lipinski definition) is 0. The smallest absolute Gasteiger partial charge is 0.267 e. The zero-order chi connectivity index (χ0) is 17.1. The van der Waals surface area contributed by atoms with Crippen LogP contribution >= 0.6 is 0 Å². The third-order valence-corrected chi connectivity index (χ3v) is 3.27. The van der Waals surface area contributed by atoms with Gasteiger partial charge in [0.1, 0.15) is 5.82 Å². The molecule has 0 radical (unpaired) electrons. The highest BCUT2D eigenvalue weighted by atomic mass is 19.1. The van der Waals surface area contributed by atoms with Crippen molar-refractivity contribution >= 4 is 11.7 Å². The number of carbonyl (C=O) groups is 2. The maximum Gasteiger partial charge on any atom is 0.267 e. The summed E-state index contributed by atoms with van der Waals surface area (Å²) < 4.78 is 13.9. The SMILES string of the molecule is CC(=O)[C@@H](C(=O)N(C)C)n1nc(-c2ccc(F)cc2)ccc1=O. The Kier molecular flexibility index (Phi) is 4.68. The topological polar surface area (TPSA) is 72.3 Å². The number of halogens is 1. The Hall–Kier alpha value is -2.83. The van der Waals surface area contributed by atoms with Crippen LogP contribution in [-0.2, 0) is 9.59 Å². The monoisotopic (exact) mass is 317 g/mol. The van der Waals surface area contributed by atoms with Crippen LogP contribution in [0.15, 0.2) is 41.2 Å². The number of carbonyl (C=O) groups excluding carboxylic acids is 2. The van der Waals surface area contributed by atoms with Crippen LogP contribution < -0.4 is 5.56 Å². The highest BCUT2D eigenvalue weighted by Gasteiger charge is 2.29. The number of ketones is 1. The zero-order valence-corrected chi connectivity index (χ0v) is 13.0. The fraction of sp³-hybridized carbons (Fsp3) is 0.250. The normalized spacial score (nSPS) is 11.8. The van der Waals surface area contributed by atoms with Crippen molar-refractivity contribution in [3.05, 3.63) is 52.6 Å². The molecule has 7 heteroatoms. The molecule has 1 atom stereocenters. The predicted molar refractivity (Wildman–Crippen MR) is 82.3 cm³/mol. The molecule has 0 fully saturated rings. The van der Waals surface area contributed by atoms with Gasteiger partial charge in [-0.25, -0.2) is 9.07 Å². The molecule has 6 nitrogen and oxygen atoms in total. The van der Waals surface area contributed by atoms with Crippen molar-refractivity contribution in [3.8, 4) is 11.3 Å². The summed E-state index contributed by atoms with van der Waals surface area (Å²) in [5, 5.41) is 4.11. The number of rotatable bonds is 4. The predicted octanol–water partition coefficient (Wildman–Crippen LogP) is 1.27. The molecule has 1 heterocycles. The number of aromatic nitrogens is 2. The molecule has 0 aliphatic carbocycles. The van der Waals surface area contributed by atoms with E-state index in [-0.39, 0.29) is 0 Å². The lowest BCUT2D eigenvalue weighted by Crippen LogP contribution is -2.41. The van der Waals surface area contributed by atoms with Gasteiger partial charge in [0.15, 0.2) is 11.8 Å². The molecule has 1 aromatic heterocycles. The Bertz CT molecular complexity index is 797. The second-order valence-electron chi connectivity index (χ2n) is 5.25. The van der Waals surface area contributed by atoms with Gasteiger partial charge in [-0.3, -0.25) is 14.4 Å². The zero-order valence-electron chi connectivity index (χ0n) is 13.0. The standard InChI is InChI=1S/C16H16FN3O3/c1-10(21)15(16(23)19(2)3)20-14(22)9-8-13(18-20)11-4-6-12(17)7-5-11/h4-9,15H,1-3H3/t15-/m0/s1. The van der Waals surface area contributed by atoms with Crippen molar-refractivity contribution in [3.63, 3.8) is 0 Å². The van der Waals surface area contributed by atoms with E-state index in [2.05, 4.69) is 5.10 Å². The second kappa shape index (κ2) is 6.51. The van der Waals surface area contributed by atoms with Gasteiger partial charge < -0.3 is 4.90 Å². The molecule has 0 saturated carbocycles. The number of benzene rings is 1. The van der Waals surface area contributed by atoms with Gasteiger partial charge in [0.2, 0.25) is 0 Å². The van der Waals surface area contributed by atoms with E-state index in [0.29, 0.717) is 11.3 Å². The number of hydrogen-bond acceptors (Lipinski definition) is 4. The largest absolute Gasteiger partial charge is 0.347 e. The molecule has 0 saturated heterocycles. The molecule has 0 bridgehead atoms. The van der Waals surface area contributed by atoms with E-state index >= 15 is 0 Å². The molecule has 0 aliphatic heterocycles. The summed E-state index contributed by atoms with van der Waals surface area (Å²) >= 11 is 0. The summed E-state index contributed by atoms with van der Waals surface area (Å²) in [6.45, 7) is 1.23. The van der Waals surface area contributed by atoms with Crippen LogP contribution in [0.5, 0.6) is 0 Å². The highest BCUT2D eigenvalue weighted by molar-refractivity contribution is 6.02. The fourth-order valence-corrected chi connectivity index (χ4v) is 2.08. The van der Waals surface area contributed by atoms with Crippen LogP contribution in [-0.4, -0.2) is 40.5 Å². The Morgan fingerprint density at radius 2 is 1.74 bits per heavy atom. The lowest BCUT2D eigenvalue weighted by molar-refractivity contribution is -0.138. The summed E-state index contributed by atoms with van der Waals surface area (Å²) in [5.41, 5.74) is 0.369. The first-order valence-corrected chi connectivity index (χ1v) is 6.88. The van der Waals surface area contributed by atoms with Crippen LogP contribution in [0.2, 0.25) is 0 Å². The molecule has 23 heavy (non-hydrogen) atoms. The minimum Gasteiger partial charge on any atom is -0.347 e. The van der Waals surface area contributed by atoms with Gasteiger partial charge in [-0.05, 0) is 37.3 Å². The van der Waals surface area contributed by atoms with Crippen LogP contribution in [0, 0.1) is 5.82 Å². The summed E-state index contributed by atoms with van der Waals surface area (Å²) in [4.78, 5) is 37.3. The molecule has 120 valence electrons. The third kappa shape index (κ3) is 3.50. The van der Waals surface area contributed by atoms with Gasteiger partial charge in [0, 0.05) is 25.7 Å². The number of Topliss-reactive ketones (excluding diaryl/α,β-unsaturated/α-hetero) is 1. The first-order valence-electron chi connectivity index (χ1n) is 6.88. The fourth-order valence-electron chi connectivity index (χ4n) is 2.08. The van der Waals surface area contributed by atoms with E-state index in [1.54, 1.807) is 0 Å². The molecule has 2 rings (SSSR count). The lowest BCUT2D eigenvalue weighted by atomic mass is 10.1. The van der Waals surface area contributed by atoms with E-state index in [1.807, 2.05) is 0 Å². The number of amides is 1. The summed E-state index contributed by atoms with van der Waals surface area (Å²) in [7, 11) is 2.99. The molecule has 0 aliphatic rings. The lowest BCUT2D eigenvalue weighted by Gasteiger charge is -2.19. The quantitative estimate of drug-likeness (QED) is 0.796. The molecule has 0 N–H and O–H groups in total. The van der Waals surface area contributed by atoms with Crippen molar-refractivity contribution in [2.75, 3.05) is 14.1 Å². The highest BCUT2D eigenvalue weighted by Crippen LogP contribution is 2.17. The minimum atomic E-state index is -1.32. The first-order chi connectivity index (χ1) is 10.8. The van der Waals surface area contributed by atoms with Crippen molar-refractivity contribution in [2.24, 2.45) is 0 Å². The Balaban J connectivity index is 2.55. The third-order valence-electron chi connectivity index (χ3n) is 3.27. The van der Waals surface area contributed by atoms with Gasteiger partial charge in [-0.2, -0.15) is 5.10 Å². The number of likely N-dealkylation sites (N-methyl/N-ethyl adjacent to an activating group) is 1. The number of nitrogens with zero attached hydrogens (tertiary/aromatic N) is 3. The Labute approximate surface area is 132 Å². The molecule has 1 aromatic carbocycles. The van der Waals surface area contributed by atoms with Crippen LogP contribution in [0.1, 0.15) is 13.0 Å². The maximum absolute atomic E-state index is 13.0. The maximum atomic E-state index is 13.0. The van der Waals surface area contributed by atoms with Crippen molar-refractivity contribution in [1.29, 1.82) is 0 Å². The molecule has 2 aromatic rings. The van der Waals surface area contributed by atoms with E-state index in [0.717, 1.165) is 4.68 Å². The van der Waals surface area contributed by atoms with Gasteiger partial charge in [-0.15, -0.1) is 0 Å².